The molecule has 9 heteroatoms. The SMILES string of the molecule is C=CC.CC.CCC(C)NCCN1CCOCC1.CN(C)CCCN(C)C(=O)Nc1ccccc1.NS. The van der Waals surface area contributed by atoms with Gasteiger partial charge in [0.1, 0.15) is 0 Å². The molecule has 1 aliphatic heterocycles. The first-order valence-corrected chi connectivity index (χ1v) is 13.9. The second kappa shape index (κ2) is 30.6. The van der Waals surface area contributed by atoms with Crippen LogP contribution in [0.2, 0.25) is 0 Å². The molecule has 1 aromatic carbocycles. The van der Waals surface area contributed by atoms with Crippen LogP contribution >= 0.6 is 12.8 Å². The topological polar surface area (TPSA) is 86.1 Å². The number of para-hydroxylation sites is 1. The standard InChI is InChI=1S/C13H21N3O.C10H22N2O.C3H6.C2H6.H3NS/c1-15(2)10-7-11-16(3)13(17)14-12-8-5-4-6-9-12;1-3-10(2)11-4-5-12-6-8-13-9-7-12;1-3-2;2*1-2/h4-6,8-9H,7,10-11H2,1-3H3,(H,14,17);10-11H,3-9H2,1-2H3;3H,1H2,2H3;1-2H3;2H,1H2. The number of anilines is 1. The molecule has 0 bridgehead atoms. The van der Waals surface area contributed by atoms with E-state index in [2.05, 4.69) is 58.8 Å². The Hall–Kier alpha value is -1.62. The Balaban J connectivity index is -0.000000513. The predicted molar refractivity (Wildman–Crippen MR) is 167 cm³/mol. The van der Waals surface area contributed by atoms with Gasteiger partial charge in [-0.2, -0.15) is 0 Å². The number of hydrogen-bond acceptors (Lipinski definition) is 7. The van der Waals surface area contributed by atoms with Gasteiger partial charge in [-0.1, -0.05) is 45.0 Å². The number of nitrogens with zero attached hydrogens (tertiary/aromatic N) is 3. The number of hydrogen-bond donors (Lipinski definition) is 4. The molecule has 2 rings (SSSR count). The van der Waals surface area contributed by atoms with E-state index in [1.54, 1.807) is 11.0 Å². The monoisotopic (exact) mass is 542 g/mol. The summed E-state index contributed by atoms with van der Waals surface area (Å²) >= 11 is 3.03. The number of morpholine rings is 1. The molecule has 1 atom stereocenters. The summed E-state index contributed by atoms with van der Waals surface area (Å²) in [6.45, 7) is 21.7. The third-order valence-corrected chi connectivity index (χ3v) is 5.11. The van der Waals surface area contributed by atoms with E-state index in [0.29, 0.717) is 6.04 Å². The Labute approximate surface area is 234 Å². The molecule has 1 aliphatic rings. The van der Waals surface area contributed by atoms with Crippen LogP contribution in [0.3, 0.4) is 0 Å². The number of ether oxygens (including phenoxy) is 1. The van der Waals surface area contributed by atoms with Gasteiger partial charge in [0, 0.05) is 51.5 Å². The first-order valence-electron chi connectivity index (χ1n) is 13.4. The van der Waals surface area contributed by atoms with E-state index >= 15 is 0 Å². The first-order chi connectivity index (χ1) is 17.8. The molecule has 0 radical (unpaired) electrons. The maximum absolute atomic E-state index is 11.8. The summed E-state index contributed by atoms with van der Waals surface area (Å²) in [6.07, 6.45) is 3.94. The van der Waals surface area contributed by atoms with Crippen LogP contribution in [0.5, 0.6) is 0 Å². The van der Waals surface area contributed by atoms with E-state index in [4.69, 9.17) is 4.74 Å². The number of carbonyl (C=O) groups excluding carboxylic acids is 1. The van der Waals surface area contributed by atoms with Crippen LogP contribution in [0.25, 0.3) is 0 Å². The second-order valence-corrected chi connectivity index (χ2v) is 8.50. The molecule has 0 saturated carbocycles. The average molecular weight is 543 g/mol. The third kappa shape index (κ3) is 27.2. The minimum Gasteiger partial charge on any atom is -0.379 e. The van der Waals surface area contributed by atoms with Crippen molar-refractivity contribution in [3.63, 3.8) is 0 Å². The zero-order valence-electron chi connectivity index (χ0n) is 25.0. The predicted octanol–water partition coefficient (Wildman–Crippen LogP) is 4.82. The molecule has 218 valence electrons. The van der Waals surface area contributed by atoms with Gasteiger partial charge in [0.2, 0.25) is 0 Å². The summed E-state index contributed by atoms with van der Waals surface area (Å²) in [7, 11) is 5.88. The number of urea groups is 1. The van der Waals surface area contributed by atoms with Crippen LogP contribution in [0.15, 0.2) is 43.0 Å². The van der Waals surface area contributed by atoms with Gasteiger partial charge < -0.3 is 25.2 Å². The Morgan fingerprint density at radius 1 is 1.16 bits per heavy atom. The van der Waals surface area contributed by atoms with E-state index in [1.807, 2.05) is 72.2 Å². The number of nitrogens with one attached hydrogen (secondary N) is 2. The molecule has 8 nitrogen and oxygen atoms in total. The van der Waals surface area contributed by atoms with Crippen LogP contribution in [0.1, 0.15) is 47.5 Å². The highest BCUT2D eigenvalue weighted by molar-refractivity contribution is 7.77. The fraction of sp³-hybridized carbons (Fsp3) is 0.679. The fourth-order valence-corrected chi connectivity index (χ4v) is 2.90. The van der Waals surface area contributed by atoms with Gasteiger partial charge in [-0.05, 0) is 59.5 Å². The Morgan fingerprint density at radius 3 is 2.19 bits per heavy atom. The van der Waals surface area contributed by atoms with E-state index in [-0.39, 0.29) is 6.03 Å². The summed E-state index contributed by atoms with van der Waals surface area (Å²) in [5.74, 6) is 0. The van der Waals surface area contributed by atoms with Gasteiger partial charge in [-0.15, -0.1) is 19.4 Å². The lowest BCUT2D eigenvalue weighted by Gasteiger charge is -2.27. The molecule has 0 aliphatic carbocycles. The van der Waals surface area contributed by atoms with E-state index < -0.39 is 0 Å². The van der Waals surface area contributed by atoms with Crippen molar-refractivity contribution in [3.05, 3.63) is 43.0 Å². The van der Waals surface area contributed by atoms with Crippen molar-refractivity contribution in [2.45, 2.75) is 53.5 Å². The lowest BCUT2D eigenvalue weighted by molar-refractivity contribution is 0.0382. The van der Waals surface area contributed by atoms with Crippen molar-refractivity contribution in [2.75, 3.05) is 78.9 Å². The van der Waals surface area contributed by atoms with Crippen LogP contribution in [-0.2, 0) is 4.74 Å². The molecule has 1 unspecified atom stereocenters. The van der Waals surface area contributed by atoms with Gasteiger partial charge in [0.15, 0.2) is 0 Å². The minimum atomic E-state index is -0.0602. The van der Waals surface area contributed by atoms with Crippen LogP contribution in [0.4, 0.5) is 10.5 Å². The van der Waals surface area contributed by atoms with Crippen molar-refractivity contribution in [1.29, 1.82) is 0 Å². The lowest BCUT2D eigenvalue weighted by Crippen LogP contribution is -2.41. The van der Waals surface area contributed by atoms with Crippen molar-refractivity contribution in [2.24, 2.45) is 5.14 Å². The molecule has 37 heavy (non-hydrogen) atoms. The van der Waals surface area contributed by atoms with Crippen molar-refractivity contribution >= 4 is 24.5 Å². The smallest absolute Gasteiger partial charge is 0.321 e. The Kier molecular flexibility index (Phi) is 33.0. The zero-order chi connectivity index (χ0) is 28.9. The number of rotatable bonds is 10. The first kappa shape index (κ1) is 39.9. The van der Waals surface area contributed by atoms with Gasteiger partial charge in [0.05, 0.1) is 13.2 Å². The maximum Gasteiger partial charge on any atom is 0.321 e. The summed E-state index contributed by atoms with van der Waals surface area (Å²) in [5.41, 5.74) is 0.831. The molecule has 1 saturated heterocycles. The minimum absolute atomic E-state index is 0.0602. The molecular formula is C28H58N6O2S. The highest BCUT2D eigenvalue weighted by atomic mass is 32.1. The van der Waals surface area contributed by atoms with Gasteiger partial charge in [-0.3, -0.25) is 10.0 Å². The summed E-state index contributed by atoms with van der Waals surface area (Å²) in [5, 5.41) is 10.5. The molecule has 1 aromatic rings. The van der Waals surface area contributed by atoms with Gasteiger partial charge in [-0.25, -0.2) is 4.79 Å². The number of benzene rings is 1. The van der Waals surface area contributed by atoms with Gasteiger partial charge >= 0.3 is 6.03 Å². The molecule has 0 spiro atoms. The normalized spacial score (nSPS) is 13.1. The highest BCUT2D eigenvalue weighted by Gasteiger charge is 2.09. The van der Waals surface area contributed by atoms with E-state index in [1.165, 1.54) is 6.42 Å². The van der Waals surface area contributed by atoms with E-state index in [9.17, 15) is 4.79 Å². The van der Waals surface area contributed by atoms with Gasteiger partial charge in [0.25, 0.3) is 0 Å². The fourth-order valence-electron chi connectivity index (χ4n) is 2.90. The number of allylic oxidation sites excluding steroid dienone is 1. The quantitative estimate of drug-likeness (QED) is 0.251. The largest absolute Gasteiger partial charge is 0.379 e. The summed E-state index contributed by atoms with van der Waals surface area (Å²) in [6, 6.07) is 10.1. The number of amides is 2. The van der Waals surface area contributed by atoms with E-state index in [0.717, 1.165) is 64.6 Å². The van der Waals surface area contributed by atoms with Crippen LogP contribution in [0, 0.1) is 0 Å². The van der Waals surface area contributed by atoms with Crippen LogP contribution < -0.4 is 15.8 Å². The summed E-state index contributed by atoms with van der Waals surface area (Å²) < 4.78 is 5.29. The van der Waals surface area contributed by atoms with Crippen LogP contribution in [-0.4, -0.2) is 100 Å². The molecule has 4 N–H and O–H groups in total. The molecule has 2 amide bonds. The molecule has 1 heterocycles. The van der Waals surface area contributed by atoms with Crippen molar-refractivity contribution in [3.8, 4) is 0 Å². The maximum atomic E-state index is 11.8. The Morgan fingerprint density at radius 2 is 1.70 bits per heavy atom. The van der Waals surface area contributed by atoms with Crippen molar-refractivity contribution < 1.29 is 9.53 Å². The highest BCUT2D eigenvalue weighted by Crippen LogP contribution is 2.06. The van der Waals surface area contributed by atoms with Crippen molar-refractivity contribution in [1.82, 2.24) is 20.0 Å². The average Bonchev–Trinajstić information content (AvgIpc) is 2.92. The summed E-state index contributed by atoms with van der Waals surface area (Å²) in [4.78, 5) is 18.1. The number of nitrogens with two attached hydrogens (primary N) is 1. The second-order valence-electron chi connectivity index (χ2n) is 8.50. The third-order valence-electron chi connectivity index (χ3n) is 5.11. The lowest BCUT2D eigenvalue weighted by atomic mass is 10.2. The number of thiol groups is 1. The zero-order valence-corrected chi connectivity index (χ0v) is 25.9. The number of carbonyl (C=O) groups is 1. The molecule has 1 fully saturated rings. The molecule has 0 aromatic heterocycles. The Bertz CT molecular complexity index is 602. The molecular weight excluding hydrogens is 484 g/mol.